The number of aliphatic carboxylic acids is 1. The normalized spacial score (nSPS) is 10.7. The zero-order chi connectivity index (χ0) is 15.2. The molecular formula is C15H11ClO4S. The Morgan fingerprint density at radius 2 is 1.90 bits per heavy atom. The monoisotopic (exact) mass is 322 g/mol. The van der Waals surface area contributed by atoms with E-state index in [1.54, 1.807) is 42.5 Å². The fourth-order valence-corrected chi connectivity index (χ4v) is 2.48. The third kappa shape index (κ3) is 4.73. The lowest BCUT2D eigenvalue weighted by Gasteiger charge is -2.02. The van der Waals surface area contributed by atoms with Gasteiger partial charge in [-0.25, -0.2) is 4.79 Å². The minimum absolute atomic E-state index is 0.113. The van der Waals surface area contributed by atoms with Crippen molar-refractivity contribution >= 4 is 40.8 Å². The van der Waals surface area contributed by atoms with Gasteiger partial charge in [0.2, 0.25) is 0 Å². The van der Waals surface area contributed by atoms with Crippen LogP contribution < -0.4 is 4.74 Å². The molecule has 1 N–H and O–H groups in total. The molecule has 1 aromatic heterocycles. The van der Waals surface area contributed by atoms with Gasteiger partial charge in [-0.1, -0.05) is 29.8 Å². The van der Waals surface area contributed by atoms with E-state index in [-0.39, 0.29) is 12.4 Å². The van der Waals surface area contributed by atoms with Gasteiger partial charge >= 0.3 is 5.97 Å². The standard InChI is InChI=1S/C15H11ClO4S/c16-14-8-7-13(21-14)12(17)6-3-10-1-4-11(5-2-10)20-9-15(18)19/h1-8H,9H2,(H,18,19)/b6-3+. The number of ketones is 1. The summed E-state index contributed by atoms with van der Waals surface area (Å²) in [5.74, 6) is -0.678. The maximum Gasteiger partial charge on any atom is 0.341 e. The van der Waals surface area contributed by atoms with Crippen molar-refractivity contribution in [3.05, 3.63) is 57.3 Å². The van der Waals surface area contributed by atoms with Crippen molar-refractivity contribution in [1.29, 1.82) is 0 Å². The molecule has 0 saturated carbocycles. The number of hydrogen-bond acceptors (Lipinski definition) is 4. The van der Waals surface area contributed by atoms with Crippen molar-refractivity contribution in [2.75, 3.05) is 6.61 Å². The first-order chi connectivity index (χ1) is 10.0. The highest BCUT2D eigenvalue weighted by molar-refractivity contribution is 7.18. The third-order valence-electron chi connectivity index (χ3n) is 2.49. The average molecular weight is 323 g/mol. The summed E-state index contributed by atoms with van der Waals surface area (Å²) in [5, 5.41) is 8.50. The molecule has 1 aromatic carbocycles. The first-order valence-electron chi connectivity index (χ1n) is 5.97. The lowest BCUT2D eigenvalue weighted by molar-refractivity contribution is -0.139. The fourth-order valence-electron chi connectivity index (χ4n) is 1.52. The molecule has 6 heteroatoms. The fraction of sp³-hybridized carbons (Fsp3) is 0.0667. The van der Waals surface area contributed by atoms with Crippen molar-refractivity contribution < 1.29 is 19.4 Å². The van der Waals surface area contributed by atoms with Crippen molar-refractivity contribution in [3.8, 4) is 5.75 Å². The number of benzene rings is 1. The summed E-state index contributed by atoms with van der Waals surface area (Å²) in [7, 11) is 0. The van der Waals surface area contributed by atoms with Gasteiger partial charge < -0.3 is 9.84 Å². The predicted molar refractivity (Wildman–Crippen MR) is 82.3 cm³/mol. The minimum Gasteiger partial charge on any atom is -0.482 e. The Morgan fingerprint density at radius 3 is 2.48 bits per heavy atom. The van der Waals surface area contributed by atoms with Crippen LogP contribution in [0.5, 0.6) is 5.75 Å². The van der Waals surface area contributed by atoms with Crippen LogP contribution in [0.25, 0.3) is 6.08 Å². The Balaban J connectivity index is 1.98. The summed E-state index contributed by atoms with van der Waals surface area (Å²) in [6, 6.07) is 10.1. The van der Waals surface area contributed by atoms with Crippen LogP contribution in [-0.2, 0) is 4.79 Å². The van der Waals surface area contributed by atoms with Crippen molar-refractivity contribution in [3.63, 3.8) is 0 Å². The molecule has 0 bridgehead atoms. The van der Waals surface area contributed by atoms with Gasteiger partial charge in [-0.3, -0.25) is 4.79 Å². The van der Waals surface area contributed by atoms with Crippen LogP contribution in [0, 0.1) is 0 Å². The van der Waals surface area contributed by atoms with E-state index < -0.39 is 5.97 Å². The Labute approximate surface area is 130 Å². The summed E-state index contributed by atoms with van der Waals surface area (Å²) in [6.07, 6.45) is 3.15. The first kappa shape index (κ1) is 15.3. The van der Waals surface area contributed by atoms with E-state index >= 15 is 0 Å². The lowest BCUT2D eigenvalue weighted by Crippen LogP contribution is -2.09. The number of ether oxygens (including phenoxy) is 1. The summed E-state index contributed by atoms with van der Waals surface area (Å²) in [6.45, 7) is -0.382. The second-order valence-corrected chi connectivity index (χ2v) is 5.77. The molecule has 0 fully saturated rings. The number of allylic oxidation sites excluding steroid dienone is 1. The Kier molecular flexibility index (Phi) is 5.14. The molecular weight excluding hydrogens is 312 g/mol. The molecule has 0 saturated heterocycles. The summed E-state index contributed by atoms with van der Waals surface area (Å²) >= 11 is 7.01. The molecule has 0 atom stereocenters. The number of halogens is 1. The summed E-state index contributed by atoms with van der Waals surface area (Å²) in [5.41, 5.74) is 0.814. The van der Waals surface area contributed by atoms with E-state index in [4.69, 9.17) is 21.4 Å². The van der Waals surface area contributed by atoms with Crippen LogP contribution in [0.1, 0.15) is 15.2 Å². The molecule has 21 heavy (non-hydrogen) atoms. The van der Waals surface area contributed by atoms with Crippen LogP contribution in [0.2, 0.25) is 4.34 Å². The van der Waals surface area contributed by atoms with Gasteiger partial charge in [-0.15, -0.1) is 11.3 Å². The average Bonchev–Trinajstić information content (AvgIpc) is 2.90. The molecule has 0 unspecified atom stereocenters. The SMILES string of the molecule is O=C(O)COc1ccc(/C=C/C(=O)c2ccc(Cl)s2)cc1. The Morgan fingerprint density at radius 1 is 1.19 bits per heavy atom. The number of carboxylic acid groups (broad SMARTS) is 1. The summed E-state index contributed by atoms with van der Waals surface area (Å²) < 4.78 is 5.59. The number of hydrogen-bond donors (Lipinski definition) is 1. The van der Waals surface area contributed by atoms with E-state index in [2.05, 4.69) is 0 Å². The first-order valence-corrected chi connectivity index (χ1v) is 7.16. The number of rotatable bonds is 6. The molecule has 0 spiro atoms. The second kappa shape index (κ2) is 7.06. The molecule has 0 aliphatic heterocycles. The van der Waals surface area contributed by atoms with Gasteiger partial charge in [0.15, 0.2) is 12.4 Å². The Hall–Kier alpha value is -2.11. The van der Waals surface area contributed by atoms with Crippen LogP contribution >= 0.6 is 22.9 Å². The van der Waals surface area contributed by atoms with E-state index in [0.717, 1.165) is 5.56 Å². The number of thiophene rings is 1. The highest BCUT2D eigenvalue weighted by Crippen LogP contribution is 2.22. The number of carbonyl (C=O) groups excluding carboxylic acids is 1. The zero-order valence-electron chi connectivity index (χ0n) is 10.8. The van der Waals surface area contributed by atoms with Gasteiger partial charge in [-0.2, -0.15) is 0 Å². The van der Waals surface area contributed by atoms with Crippen LogP contribution in [-0.4, -0.2) is 23.5 Å². The van der Waals surface area contributed by atoms with E-state index in [1.165, 1.54) is 17.4 Å². The summed E-state index contributed by atoms with van der Waals surface area (Å²) in [4.78, 5) is 22.8. The second-order valence-electron chi connectivity index (χ2n) is 4.05. The third-order valence-corrected chi connectivity index (χ3v) is 3.73. The van der Waals surface area contributed by atoms with Crippen LogP contribution in [0.4, 0.5) is 0 Å². The van der Waals surface area contributed by atoms with Gasteiger partial charge in [0.25, 0.3) is 0 Å². The molecule has 1 heterocycles. The quantitative estimate of drug-likeness (QED) is 0.649. The number of carboxylic acids is 1. The maximum atomic E-state index is 11.9. The minimum atomic E-state index is -1.03. The Bertz CT molecular complexity index is 673. The topological polar surface area (TPSA) is 63.6 Å². The molecule has 0 aliphatic carbocycles. The highest BCUT2D eigenvalue weighted by Gasteiger charge is 2.05. The zero-order valence-corrected chi connectivity index (χ0v) is 12.4. The van der Waals surface area contributed by atoms with Gasteiger partial charge in [0.1, 0.15) is 5.75 Å². The van der Waals surface area contributed by atoms with Crippen LogP contribution in [0.3, 0.4) is 0 Å². The molecule has 4 nitrogen and oxygen atoms in total. The van der Waals surface area contributed by atoms with Gasteiger partial charge in [-0.05, 0) is 35.9 Å². The highest BCUT2D eigenvalue weighted by atomic mass is 35.5. The van der Waals surface area contributed by atoms with E-state index in [1.807, 2.05) is 0 Å². The predicted octanol–water partition coefficient (Wildman–Crippen LogP) is 3.76. The van der Waals surface area contributed by atoms with E-state index in [0.29, 0.717) is 15.0 Å². The largest absolute Gasteiger partial charge is 0.482 e. The van der Waals surface area contributed by atoms with Gasteiger partial charge in [0.05, 0.1) is 9.21 Å². The molecule has 0 radical (unpaired) electrons. The molecule has 2 aromatic rings. The van der Waals surface area contributed by atoms with Crippen molar-refractivity contribution in [2.24, 2.45) is 0 Å². The lowest BCUT2D eigenvalue weighted by atomic mass is 10.2. The number of carbonyl (C=O) groups is 2. The van der Waals surface area contributed by atoms with Crippen LogP contribution in [0.15, 0.2) is 42.5 Å². The molecule has 0 amide bonds. The molecule has 108 valence electrons. The molecule has 2 rings (SSSR count). The van der Waals surface area contributed by atoms with Crippen molar-refractivity contribution in [1.82, 2.24) is 0 Å². The molecule has 0 aliphatic rings. The van der Waals surface area contributed by atoms with Gasteiger partial charge in [0, 0.05) is 0 Å². The van der Waals surface area contributed by atoms with Crippen molar-refractivity contribution in [2.45, 2.75) is 0 Å². The smallest absolute Gasteiger partial charge is 0.341 e. The van der Waals surface area contributed by atoms with E-state index in [9.17, 15) is 9.59 Å². The maximum absolute atomic E-state index is 11.9.